The Morgan fingerprint density at radius 3 is 1.52 bits per heavy atom. The third-order valence-corrected chi connectivity index (χ3v) is 10.3. The van der Waals surface area contributed by atoms with Crippen molar-refractivity contribution >= 4 is 21.8 Å². The van der Waals surface area contributed by atoms with Crippen LogP contribution in [0.4, 0.5) is 26.3 Å². The average molecular weight is 813 g/mol. The number of para-hydroxylation sites is 1. The molecule has 61 heavy (non-hydrogen) atoms. The summed E-state index contributed by atoms with van der Waals surface area (Å²) >= 11 is 0. The predicted octanol–water partition coefficient (Wildman–Crippen LogP) is 13.1. The summed E-state index contributed by atoms with van der Waals surface area (Å²) in [7, 11) is 0. The predicted molar refractivity (Wildman–Crippen MR) is 221 cm³/mol. The first kappa shape index (κ1) is 38.4. The Kier molecular flexibility index (Phi) is 9.41. The quantitative estimate of drug-likeness (QED) is 0.156. The zero-order chi connectivity index (χ0) is 42.5. The second kappa shape index (κ2) is 14.9. The number of hydrogen-bond donors (Lipinski definition) is 0. The number of benzene rings is 7. The van der Waals surface area contributed by atoms with E-state index in [0.29, 0.717) is 56.7 Å². The van der Waals surface area contributed by atoms with Crippen LogP contribution in [-0.2, 0) is 12.4 Å². The lowest BCUT2D eigenvalue weighted by molar-refractivity contribution is -0.143. The van der Waals surface area contributed by atoms with E-state index in [-0.39, 0.29) is 40.2 Å². The number of nitriles is 2. The molecule has 0 saturated carbocycles. The minimum Gasteiger partial charge on any atom is -0.309 e. The molecule has 9 rings (SSSR count). The summed E-state index contributed by atoms with van der Waals surface area (Å²) < 4.78 is 87.8. The summed E-state index contributed by atoms with van der Waals surface area (Å²) in [5.41, 5.74) is 1.98. The van der Waals surface area contributed by atoms with E-state index in [1.165, 1.54) is 12.1 Å². The lowest BCUT2D eigenvalue weighted by Gasteiger charge is -2.18. The second-order valence-corrected chi connectivity index (χ2v) is 14.2. The molecule has 0 aliphatic carbocycles. The van der Waals surface area contributed by atoms with E-state index in [0.717, 1.165) is 16.3 Å². The van der Waals surface area contributed by atoms with Crippen LogP contribution in [0.2, 0.25) is 0 Å². The fraction of sp³-hybridized carbons (Fsp3) is 0.0408. The Bertz CT molecular complexity index is 3130. The van der Waals surface area contributed by atoms with Gasteiger partial charge in [0.1, 0.15) is 0 Å². The van der Waals surface area contributed by atoms with Gasteiger partial charge in [0.05, 0.1) is 45.4 Å². The van der Waals surface area contributed by atoms with Crippen LogP contribution in [-0.4, -0.2) is 19.5 Å². The van der Waals surface area contributed by atoms with Crippen LogP contribution in [0.15, 0.2) is 158 Å². The maximum absolute atomic E-state index is 14.3. The van der Waals surface area contributed by atoms with E-state index in [9.17, 15) is 36.9 Å². The molecule has 0 atom stereocenters. The highest BCUT2D eigenvalue weighted by molar-refractivity contribution is 6.10. The van der Waals surface area contributed by atoms with Crippen molar-refractivity contribution in [2.75, 3.05) is 0 Å². The summed E-state index contributed by atoms with van der Waals surface area (Å²) in [5.74, 6) is 0.478. The molecule has 0 aliphatic rings. The number of rotatable bonds is 6. The molecule has 2 heterocycles. The van der Waals surface area contributed by atoms with E-state index >= 15 is 0 Å². The molecule has 6 nitrogen and oxygen atoms in total. The van der Waals surface area contributed by atoms with Crippen LogP contribution in [0.3, 0.4) is 0 Å². The first-order valence-electron chi connectivity index (χ1n) is 18.7. The molecule has 12 heteroatoms. The van der Waals surface area contributed by atoms with Gasteiger partial charge < -0.3 is 4.57 Å². The van der Waals surface area contributed by atoms with Gasteiger partial charge in [0.25, 0.3) is 0 Å². The Balaban J connectivity index is 1.36. The second-order valence-electron chi connectivity index (χ2n) is 14.2. The van der Waals surface area contributed by atoms with Crippen LogP contribution >= 0.6 is 0 Å². The molecule has 0 N–H and O–H groups in total. The highest BCUT2D eigenvalue weighted by Crippen LogP contribution is 2.43. The summed E-state index contributed by atoms with van der Waals surface area (Å²) in [4.78, 5) is 14.4. The molecule has 0 radical (unpaired) electrons. The van der Waals surface area contributed by atoms with Gasteiger partial charge in [0, 0.05) is 33.2 Å². The molecule has 2 aromatic heterocycles. The molecule has 0 amide bonds. The maximum Gasteiger partial charge on any atom is 0.416 e. The Hall–Kier alpha value is -8.09. The van der Waals surface area contributed by atoms with E-state index in [2.05, 4.69) is 12.1 Å². The van der Waals surface area contributed by atoms with Crippen molar-refractivity contribution in [2.24, 2.45) is 0 Å². The van der Waals surface area contributed by atoms with Gasteiger partial charge in [-0.1, -0.05) is 97.1 Å². The van der Waals surface area contributed by atoms with Crippen LogP contribution in [0.25, 0.3) is 83.9 Å². The van der Waals surface area contributed by atoms with Crippen molar-refractivity contribution in [3.05, 3.63) is 180 Å². The summed E-state index contributed by atoms with van der Waals surface area (Å²) in [6.07, 6.45) is -10.2. The normalized spacial score (nSPS) is 11.7. The summed E-state index contributed by atoms with van der Waals surface area (Å²) in [6.45, 7) is 0. The topological polar surface area (TPSA) is 91.2 Å². The lowest BCUT2D eigenvalue weighted by atomic mass is 9.94. The number of nitrogens with zero attached hydrogens (tertiary/aromatic N) is 6. The number of alkyl halides is 6. The fourth-order valence-electron chi connectivity index (χ4n) is 7.50. The number of halogens is 6. The van der Waals surface area contributed by atoms with E-state index < -0.39 is 23.5 Å². The first-order valence-corrected chi connectivity index (χ1v) is 18.7. The molecule has 0 saturated heterocycles. The van der Waals surface area contributed by atoms with Crippen molar-refractivity contribution in [1.29, 1.82) is 10.5 Å². The SMILES string of the molecule is N#Cc1cc(C#N)cc(-c2ccc3c4ccccc4n(-c4ccc(-c5cc(C(F)(F)F)cc(C(F)(F)F)c5)c(-c5nc(-c6ccccc6)nc(-c6ccccc6)n5)c4)c3c2)c1. The van der Waals surface area contributed by atoms with Gasteiger partial charge in [-0.05, 0) is 82.9 Å². The highest BCUT2D eigenvalue weighted by Gasteiger charge is 2.37. The van der Waals surface area contributed by atoms with Crippen LogP contribution < -0.4 is 0 Å². The highest BCUT2D eigenvalue weighted by atomic mass is 19.4. The van der Waals surface area contributed by atoms with E-state index in [1.807, 2.05) is 59.2 Å². The van der Waals surface area contributed by atoms with Crippen molar-refractivity contribution in [3.8, 4) is 74.2 Å². The standard InChI is InChI=1S/C49H26F6N6/c50-48(51,52)36-22-35(23-37(25-36)49(53,54)55)39-18-16-38(26-42(39)47-59-45(31-9-3-1-4-10-31)58-46(60-47)32-11-5-2-6-12-32)61-43-14-8-7-13-40(43)41-17-15-33(24-44(41)61)34-20-29(27-56)19-30(21-34)28-57/h1-26H. The fourth-order valence-corrected chi connectivity index (χ4v) is 7.50. The summed E-state index contributed by atoms with van der Waals surface area (Å²) in [6, 6.07) is 46.6. The van der Waals surface area contributed by atoms with Gasteiger partial charge in [-0.3, -0.25) is 0 Å². The minimum absolute atomic E-state index is 0.00864. The Morgan fingerprint density at radius 2 is 0.951 bits per heavy atom. The Labute approximate surface area is 343 Å². The molecule has 0 aliphatic heterocycles. The molecular weight excluding hydrogens is 787 g/mol. The van der Waals surface area contributed by atoms with Crippen molar-refractivity contribution in [3.63, 3.8) is 0 Å². The molecular formula is C49H26F6N6. The smallest absolute Gasteiger partial charge is 0.309 e. The molecule has 0 unspecified atom stereocenters. The lowest BCUT2D eigenvalue weighted by Crippen LogP contribution is -2.11. The molecule has 0 spiro atoms. The van der Waals surface area contributed by atoms with E-state index in [4.69, 9.17) is 15.0 Å². The van der Waals surface area contributed by atoms with Gasteiger partial charge in [-0.15, -0.1) is 0 Å². The molecule has 7 aromatic carbocycles. The summed E-state index contributed by atoms with van der Waals surface area (Å²) in [5, 5.41) is 21.1. The zero-order valence-electron chi connectivity index (χ0n) is 31.5. The molecule has 0 fully saturated rings. The zero-order valence-corrected chi connectivity index (χ0v) is 31.5. The minimum atomic E-state index is -5.09. The monoisotopic (exact) mass is 812 g/mol. The molecule has 294 valence electrons. The van der Waals surface area contributed by atoms with Crippen LogP contribution in [0.1, 0.15) is 22.3 Å². The third kappa shape index (κ3) is 7.32. The third-order valence-electron chi connectivity index (χ3n) is 10.3. The van der Waals surface area contributed by atoms with Crippen LogP contribution in [0.5, 0.6) is 0 Å². The molecule has 9 aromatic rings. The van der Waals surface area contributed by atoms with Crippen LogP contribution in [0, 0.1) is 22.7 Å². The van der Waals surface area contributed by atoms with Gasteiger partial charge >= 0.3 is 12.4 Å². The number of hydrogen-bond acceptors (Lipinski definition) is 5. The van der Waals surface area contributed by atoms with Gasteiger partial charge in [-0.25, -0.2) is 15.0 Å². The van der Waals surface area contributed by atoms with Crippen molar-refractivity contribution in [2.45, 2.75) is 12.4 Å². The van der Waals surface area contributed by atoms with Gasteiger partial charge in [-0.2, -0.15) is 36.9 Å². The number of fused-ring (bicyclic) bond motifs is 3. The average Bonchev–Trinajstić information content (AvgIpc) is 3.62. The first-order chi connectivity index (χ1) is 29.4. The molecule has 0 bridgehead atoms. The number of aromatic nitrogens is 4. The van der Waals surface area contributed by atoms with Crippen molar-refractivity contribution < 1.29 is 26.3 Å². The largest absolute Gasteiger partial charge is 0.416 e. The van der Waals surface area contributed by atoms with Gasteiger partial charge in [0.2, 0.25) is 0 Å². The maximum atomic E-state index is 14.3. The van der Waals surface area contributed by atoms with Gasteiger partial charge in [0.15, 0.2) is 17.5 Å². The Morgan fingerprint density at radius 1 is 0.410 bits per heavy atom. The van der Waals surface area contributed by atoms with Crippen molar-refractivity contribution in [1.82, 2.24) is 19.5 Å². The van der Waals surface area contributed by atoms with E-state index in [1.54, 1.807) is 72.8 Å².